The van der Waals surface area contributed by atoms with Gasteiger partial charge in [-0.2, -0.15) is 5.26 Å². The summed E-state index contributed by atoms with van der Waals surface area (Å²) in [5.41, 5.74) is 1.41. The number of anilines is 1. The predicted molar refractivity (Wildman–Crippen MR) is 96.2 cm³/mol. The van der Waals surface area contributed by atoms with E-state index >= 15 is 0 Å². The van der Waals surface area contributed by atoms with Gasteiger partial charge in [-0.25, -0.2) is 4.98 Å². The molecule has 6 nitrogen and oxygen atoms in total. The molecule has 1 aliphatic rings. The number of hydrogen-bond acceptors (Lipinski definition) is 6. The average molecular weight is 336 g/mol. The number of rotatable bonds is 4. The van der Waals surface area contributed by atoms with Crippen LogP contribution in [0.5, 0.6) is 0 Å². The van der Waals surface area contributed by atoms with E-state index in [0.717, 1.165) is 11.0 Å². The van der Waals surface area contributed by atoms with E-state index < -0.39 is 18.3 Å². The van der Waals surface area contributed by atoms with Gasteiger partial charge >= 0.3 is 7.12 Å². The lowest BCUT2D eigenvalue weighted by Gasteiger charge is -2.32. The first kappa shape index (κ1) is 17.4. The van der Waals surface area contributed by atoms with Crippen LogP contribution in [-0.2, 0) is 15.9 Å². The Labute approximate surface area is 148 Å². The second-order valence-electron chi connectivity index (χ2n) is 7.07. The Morgan fingerprint density at radius 3 is 2.40 bits per heavy atom. The molecule has 3 rings (SSSR count). The number of hydrogen-bond donors (Lipinski definition) is 1. The molecule has 0 amide bonds. The maximum absolute atomic E-state index is 9.47. The van der Waals surface area contributed by atoms with Gasteiger partial charge in [-0.05, 0) is 51.5 Å². The van der Waals surface area contributed by atoms with Crippen LogP contribution in [0.15, 0.2) is 36.8 Å². The van der Waals surface area contributed by atoms with Gasteiger partial charge in [0.25, 0.3) is 0 Å². The first-order valence-electron chi connectivity index (χ1n) is 8.21. The van der Waals surface area contributed by atoms with Crippen LogP contribution in [0.1, 0.15) is 38.8 Å². The summed E-state index contributed by atoms with van der Waals surface area (Å²) in [5.74, 6) is 0.541. The Kier molecular flexibility index (Phi) is 4.50. The highest BCUT2D eigenvalue weighted by Gasteiger charge is 2.51. The predicted octanol–water partition coefficient (Wildman–Crippen LogP) is 2.26. The second-order valence-corrected chi connectivity index (χ2v) is 7.07. The van der Waals surface area contributed by atoms with Gasteiger partial charge in [0.2, 0.25) is 0 Å². The van der Waals surface area contributed by atoms with Crippen molar-refractivity contribution in [2.24, 2.45) is 0 Å². The Morgan fingerprint density at radius 1 is 1.16 bits per heavy atom. The highest BCUT2D eigenvalue weighted by atomic mass is 16.7. The molecule has 7 heteroatoms. The van der Waals surface area contributed by atoms with Crippen LogP contribution in [0.25, 0.3) is 0 Å². The molecule has 0 aliphatic carbocycles. The van der Waals surface area contributed by atoms with E-state index in [4.69, 9.17) is 9.31 Å². The SMILES string of the molecule is CC1(C)OB(c2cnc(NCc3ccncc3)c(C#N)c2)OC1(C)C. The molecule has 128 valence electrons. The molecule has 2 aromatic rings. The van der Waals surface area contributed by atoms with Crippen molar-refractivity contribution in [3.63, 3.8) is 0 Å². The van der Waals surface area contributed by atoms with Crippen LogP contribution >= 0.6 is 0 Å². The fraction of sp³-hybridized carbons (Fsp3) is 0.389. The summed E-state index contributed by atoms with van der Waals surface area (Å²) in [6.07, 6.45) is 5.16. The van der Waals surface area contributed by atoms with E-state index in [9.17, 15) is 5.26 Å². The van der Waals surface area contributed by atoms with Gasteiger partial charge in [0.15, 0.2) is 0 Å². The third-order valence-electron chi connectivity index (χ3n) is 4.76. The van der Waals surface area contributed by atoms with Crippen molar-refractivity contribution in [3.05, 3.63) is 47.9 Å². The van der Waals surface area contributed by atoms with Gasteiger partial charge in [0.05, 0.1) is 16.8 Å². The maximum Gasteiger partial charge on any atom is 0.496 e. The lowest BCUT2D eigenvalue weighted by molar-refractivity contribution is 0.00578. The summed E-state index contributed by atoms with van der Waals surface area (Å²) in [6.45, 7) is 8.55. The highest BCUT2D eigenvalue weighted by molar-refractivity contribution is 6.62. The van der Waals surface area contributed by atoms with Gasteiger partial charge < -0.3 is 14.6 Å². The summed E-state index contributed by atoms with van der Waals surface area (Å²) in [6, 6.07) is 7.79. The van der Waals surface area contributed by atoms with Crippen molar-refractivity contribution in [1.29, 1.82) is 5.26 Å². The molecule has 1 aliphatic heterocycles. The zero-order valence-electron chi connectivity index (χ0n) is 14.9. The molecule has 3 heterocycles. The molecule has 2 aromatic heterocycles. The van der Waals surface area contributed by atoms with Crippen LogP contribution in [0.2, 0.25) is 0 Å². The second kappa shape index (κ2) is 6.47. The summed E-state index contributed by atoms with van der Waals surface area (Å²) in [4.78, 5) is 8.39. The minimum Gasteiger partial charge on any atom is -0.399 e. The molecular weight excluding hydrogens is 315 g/mol. The minimum atomic E-state index is -0.529. The van der Waals surface area contributed by atoms with Crippen LogP contribution in [0.3, 0.4) is 0 Å². The molecule has 25 heavy (non-hydrogen) atoms. The molecule has 0 radical (unpaired) electrons. The van der Waals surface area contributed by atoms with E-state index in [1.807, 2.05) is 39.8 Å². The zero-order chi connectivity index (χ0) is 18.1. The summed E-state index contributed by atoms with van der Waals surface area (Å²) in [5, 5.41) is 12.7. The van der Waals surface area contributed by atoms with Crippen molar-refractivity contribution in [2.45, 2.75) is 45.4 Å². The van der Waals surface area contributed by atoms with Gasteiger partial charge in [-0.3, -0.25) is 4.98 Å². The fourth-order valence-electron chi connectivity index (χ4n) is 2.50. The first-order valence-corrected chi connectivity index (χ1v) is 8.21. The third kappa shape index (κ3) is 3.50. The van der Waals surface area contributed by atoms with Crippen LogP contribution in [0.4, 0.5) is 5.82 Å². The maximum atomic E-state index is 9.47. The largest absolute Gasteiger partial charge is 0.496 e. The van der Waals surface area contributed by atoms with Crippen molar-refractivity contribution < 1.29 is 9.31 Å². The van der Waals surface area contributed by atoms with Crippen LogP contribution in [-0.4, -0.2) is 28.3 Å². The molecular formula is C18H21BN4O2. The van der Waals surface area contributed by atoms with Crippen molar-refractivity contribution in [3.8, 4) is 6.07 Å². The fourth-order valence-corrected chi connectivity index (χ4v) is 2.50. The van der Waals surface area contributed by atoms with Gasteiger partial charge in [0, 0.05) is 30.6 Å². The molecule has 0 unspecified atom stereocenters. The number of nitriles is 1. The Hall–Kier alpha value is -2.43. The van der Waals surface area contributed by atoms with Gasteiger partial charge in [0.1, 0.15) is 11.9 Å². The lowest BCUT2D eigenvalue weighted by atomic mass is 9.79. The third-order valence-corrected chi connectivity index (χ3v) is 4.76. The molecule has 0 atom stereocenters. The smallest absolute Gasteiger partial charge is 0.399 e. The van der Waals surface area contributed by atoms with Crippen molar-refractivity contribution in [1.82, 2.24) is 9.97 Å². The molecule has 0 saturated carbocycles. The van der Waals surface area contributed by atoms with Gasteiger partial charge in [-0.15, -0.1) is 0 Å². The minimum absolute atomic E-state index is 0.428. The highest BCUT2D eigenvalue weighted by Crippen LogP contribution is 2.36. The topological polar surface area (TPSA) is 80.1 Å². The summed E-state index contributed by atoms with van der Waals surface area (Å²) < 4.78 is 12.0. The monoisotopic (exact) mass is 336 g/mol. The van der Waals surface area contributed by atoms with E-state index in [-0.39, 0.29) is 0 Å². The molecule has 0 spiro atoms. The Bertz CT molecular complexity index is 786. The molecule has 1 N–H and O–H groups in total. The molecule has 1 saturated heterocycles. The summed E-state index contributed by atoms with van der Waals surface area (Å²) in [7, 11) is -0.529. The summed E-state index contributed by atoms with van der Waals surface area (Å²) >= 11 is 0. The standard InChI is InChI=1S/C18H21BN4O2/c1-17(2)18(3,4)25-19(24-17)15-9-14(10-20)16(23-12-15)22-11-13-5-7-21-8-6-13/h5-9,12H,11H2,1-4H3,(H,22,23). The zero-order valence-corrected chi connectivity index (χ0v) is 14.9. The van der Waals surface area contributed by atoms with Crippen molar-refractivity contribution >= 4 is 18.4 Å². The first-order chi connectivity index (χ1) is 11.8. The van der Waals surface area contributed by atoms with Gasteiger partial charge in [-0.1, -0.05) is 0 Å². The van der Waals surface area contributed by atoms with Crippen LogP contribution < -0.4 is 10.8 Å². The number of nitrogens with zero attached hydrogens (tertiary/aromatic N) is 3. The Balaban J connectivity index is 1.78. The number of nitrogens with one attached hydrogen (secondary N) is 1. The van der Waals surface area contributed by atoms with E-state index in [2.05, 4.69) is 21.4 Å². The molecule has 0 bridgehead atoms. The number of pyridine rings is 2. The van der Waals surface area contributed by atoms with E-state index in [1.165, 1.54) is 0 Å². The van der Waals surface area contributed by atoms with Crippen molar-refractivity contribution in [2.75, 3.05) is 5.32 Å². The molecule has 1 fully saturated rings. The lowest BCUT2D eigenvalue weighted by Crippen LogP contribution is -2.41. The quantitative estimate of drug-likeness (QED) is 0.863. The Morgan fingerprint density at radius 2 is 1.80 bits per heavy atom. The van der Waals surface area contributed by atoms with E-state index in [0.29, 0.717) is 17.9 Å². The number of aromatic nitrogens is 2. The van der Waals surface area contributed by atoms with Crippen LogP contribution in [0, 0.1) is 11.3 Å². The normalized spacial score (nSPS) is 18.0. The van der Waals surface area contributed by atoms with E-state index in [1.54, 1.807) is 24.7 Å². The average Bonchev–Trinajstić information content (AvgIpc) is 2.81. The molecule has 0 aromatic carbocycles.